The number of nitrogens with zero attached hydrogens (tertiary/aromatic N) is 9. The van der Waals surface area contributed by atoms with E-state index in [2.05, 4.69) is 21.6 Å². The molecule has 54 heavy (non-hydrogen) atoms. The van der Waals surface area contributed by atoms with Crippen LogP contribution in [-0.2, 0) is 26.2 Å². The van der Waals surface area contributed by atoms with Crippen molar-refractivity contribution in [3.8, 4) is 17.5 Å². The molecule has 15 nitrogen and oxygen atoms in total. The van der Waals surface area contributed by atoms with Crippen LogP contribution < -0.4 is 16.8 Å². The van der Waals surface area contributed by atoms with E-state index in [1.165, 1.54) is 0 Å². The molecule has 272 valence electrons. The van der Waals surface area contributed by atoms with Gasteiger partial charge in [0, 0.05) is 48.1 Å². The number of aryl methyl sites for hydroxylation is 5. The molecule has 0 atom stereocenters. The standard InChI is InChI=1S/C39H38N12O3/c1-6-50-31(15-22(4)46-50)33-26(20-40)18-28-27-17-24(35(41)52)10-11-30(27)48(37(28)44-33)12-8-9-13-49-34-21(3)14-25(36(42)53)19-29(34)43-39(49)45-38(54)32-16-23(5)47-51(32)7-2/h8-11,14-19H,6-7,12-13H2,1-5H3,(H2,41,52)(H2,42,53)(H,43,45,54). The van der Waals surface area contributed by atoms with E-state index in [4.69, 9.17) is 21.4 Å². The number of hydrogen-bond acceptors (Lipinski definition) is 8. The lowest BCUT2D eigenvalue weighted by Gasteiger charge is -2.11. The number of nitrogens with one attached hydrogen (secondary N) is 1. The van der Waals surface area contributed by atoms with Crippen LogP contribution in [0.1, 0.15) is 67.6 Å². The minimum Gasteiger partial charge on any atom is -0.366 e. The van der Waals surface area contributed by atoms with E-state index in [1.807, 2.05) is 72.7 Å². The van der Waals surface area contributed by atoms with Gasteiger partial charge in [-0.15, -0.1) is 0 Å². The Hall–Kier alpha value is -7.08. The molecule has 0 aliphatic heterocycles. The predicted octanol–water partition coefficient (Wildman–Crippen LogP) is 5.14. The molecule has 0 spiro atoms. The number of primary amides is 2. The number of amides is 3. The number of imidazole rings is 1. The van der Waals surface area contributed by atoms with Gasteiger partial charge in [0.1, 0.15) is 23.1 Å². The van der Waals surface area contributed by atoms with Crippen LogP contribution in [0.4, 0.5) is 5.95 Å². The molecule has 0 saturated heterocycles. The molecule has 0 radical (unpaired) electrons. The Morgan fingerprint density at radius 2 is 1.50 bits per heavy atom. The van der Waals surface area contributed by atoms with Crippen LogP contribution in [0.25, 0.3) is 44.4 Å². The molecule has 7 rings (SSSR count). The van der Waals surface area contributed by atoms with Gasteiger partial charge in [-0.3, -0.25) is 29.1 Å². The van der Waals surface area contributed by atoms with E-state index in [1.54, 1.807) is 41.1 Å². The van der Waals surface area contributed by atoms with Crippen molar-refractivity contribution in [1.82, 2.24) is 38.7 Å². The van der Waals surface area contributed by atoms with Crippen LogP contribution in [0.2, 0.25) is 0 Å². The van der Waals surface area contributed by atoms with E-state index < -0.39 is 11.8 Å². The van der Waals surface area contributed by atoms with Crippen LogP contribution in [0.3, 0.4) is 0 Å². The molecule has 15 heteroatoms. The van der Waals surface area contributed by atoms with Gasteiger partial charge in [0.05, 0.1) is 39.2 Å². The Labute approximate surface area is 309 Å². The average Bonchev–Trinajstić information content (AvgIpc) is 3.90. The zero-order valence-corrected chi connectivity index (χ0v) is 30.5. The van der Waals surface area contributed by atoms with Gasteiger partial charge in [0.2, 0.25) is 17.8 Å². The Bertz CT molecular complexity index is 2750. The molecule has 0 bridgehead atoms. The number of allylic oxidation sites excluding steroid dienone is 2. The van der Waals surface area contributed by atoms with E-state index in [0.29, 0.717) is 82.4 Å². The first-order valence-corrected chi connectivity index (χ1v) is 17.5. The van der Waals surface area contributed by atoms with Crippen molar-refractivity contribution in [2.75, 3.05) is 5.32 Å². The quantitative estimate of drug-likeness (QED) is 0.152. The number of rotatable bonds is 11. The number of nitriles is 1. The van der Waals surface area contributed by atoms with Gasteiger partial charge in [0.25, 0.3) is 5.91 Å². The Morgan fingerprint density at radius 1 is 0.815 bits per heavy atom. The normalized spacial score (nSPS) is 11.6. The van der Waals surface area contributed by atoms with Gasteiger partial charge in [-0.25, -0.2) is 9.97 Å². The second-order valence-corrected chi connectivity index (χ2v) is 13.0. The number of nitrogens with two attached hydrogens (primary N) is 2. The summed E-state index contributed by atoms with van der Waals surface area (Å²) in [6.07, 6.45) is 3.93. The summed E-state index contributed by atoms with van der Waals surface area (Å²) in [5.41, 5.74) is 18.9. The summed E-state index contributed by atoms with van der Waals surface area (Å²) < 4.78 is 7.34. The molecule has 2 aromatic carbocycles. The predicted molar refractivity (Wildman–Crippen MR) is 205 cm³/mol. The van der Waals surface area contributed by atoms with E-state index >= 15 is 0 Å². The third kappa shape index (κ3) is 6.13. The monoisotopic (exact) mass is 722 g/mol. The van der Waals surface area contributed by atoms with Crippen molar-refractivity contribution in [3.63, 3.8) is 0 Å². The topological polar surface area (TPSA) is 210 Å². The lowest BCUT2D eigenvalue weighted by atomic mass is 10.1. The molecule has 0 aliphatic carbocycles. The van der Waals surface area contributed by atoms with Crippen LogP contribution >= 0.6 is 0 Å². The highest BCUT2D eigenvalue weighted by atomic mass is 16.2. The number of hydrogen-bond donors (Lipinski definition) is 3. The van der Waals surface area contributed by atoms with Crippen LogP contribution in [0.15, 0.2) is 60.7 Å². The number of fused-ring (bicyclic) bond motifs is 4. The maximum absolute atomic E-state index is 13.5. The smallest absolute Gasteiger partial charge is 0.276 e. The van der Waals surface area contributed by atoms with Crippen molar-refractivity contribution in [1.29, 1.82) is 5.26 Å². The number of pyridine rings is 1. The number of benzene rings is 2. The third-order valence-corrected chi connectivity index (χ3v) is 9.40. The van der Waals surface area contributed by atoms with Gasteiger partial charge in [-0.1, -0.05) is 12.2 Å². The molecule has 0 fully saturated rings. The van der Waals surface area contributed by atoms with Crippen molar-refractivity contribution < 1.29 is 14.4 Å². The molecule has 0 aliphatic rings. The summed E-state index contributed by atoms with van der Waals surface area (Å²) in [6, 6.07) is 16.3. The van der Waals surface area contributed by atoms with Crippen molar-refractivity contribution >= 4 is 56.6 Å². The minimum atomic E-state index is -0.579. The molecule has 0 saturated carbocycles. The number of carbonyl (C=O) groups is 3. The molecule has 3 amide bonds. The highest BCUT2D eigenvalue weighted by Gasteiger charge is 2.22. The summed E-state index contributed by atoms with van der Waals surface area (Å²) in [6.45, 7) is 11.3. The lowest BCUT2D eigenvalue weighted by molar-refractivity contribution is 0.0992. The van der Waals surface area contributed by atoms with E-state index in [9.17, 15) is 19.6 Å². The first-order valence-electron chi connectivity index (χ1n) is 17.5. The maximum atomic E-state index is 13.5. The highest BCUT2D eigenvalue weighted by molar-refractivity contribution is 6.10. The van der Waals surface area contributed by atoms with E-state index in [0.717, 1.165) is 33.4 Å². The fourth-order valence-corrected chi connectivity index (χ4v) is 6.99. The second kappa shape index (κ2) is 13.8. The Kier molecular flexibility index (Phi) is 9.03. The fraction of sp³-hybridized carbons (Fsp3) is 0.231. The van der Waals surface area contributed by atoms with Crippen LogP contribution in [-0.4, -0.2) is 56.4 Å². The summed E-state index contributed by atoms with van der Waals surface area (Å²) in [7, 11) is 0. The summed E-state index contributed by atoms with van der Waals surface area (Å²) in [5.74, 6) is -1.22. The average molecular weight is 723 g/mol. The SMILES string of the molecule is CCn1nc(C)cc1C(=O)Nc1nc2cc(C(N)=O)cc(C)c2n1CC=CCn1c2ccc(C(N)=O)cc2c2cc(C#N)c(-c3cc(C)nn3CC)nc21. The van der Waals surface area contributed by atoms with Gasteiger partial charge in [0.15, 0.2) is 0 Å². The van der Waals surface area contributed by atoms with Crippen molar-refractivity contribution in [3.05, 3.63) is 100 Å². The summed E-state index contributed by atoms with van der Waals surface area (Å²) >= 11 is 0. The van der Waals surface area contributed by atoms with Gasteiger partial charge < -0.3 is 20.6 Å². The molecule has 5 heterocycles. The first kappa shape index (κ1) is 35.3. The zero-order chi connectivity index (χ0) is 38.4. The molecule has 0 unspecified atom stereocenters. The summed E-state index contributed by atoms with van der Waals surface area (Å²) in [5, 5.41) is 23.6. The minimum absolute atomic E-state index is 0.292. The molecular formula is C39H38N12O3. The van der Waals surface area contributed by atoms with Gasteiger partial charge >= 0.3 is 0 Å². The molecular weight excluding hydrogens is 685 g/mol. The molecule has 7 aromatic rings. The Morgan fingerprint density at radius 3 is 2.19 bits per heavy atom. The van der Waals surface area contributed by atoms with Crippen LogP contribution in [0.5, 0.6) is 0 Å². The molecule has 5 N–H and O–H groups in total. The third-order valence-electron chi connectivity index (χ3n) is 9.40. The highest BCUT2D eigenvalue weighted by Crippen LogP contribution is 2.34. The Balaban J connectivity index is 1.31. The fourth-order valence-electron chi connectivity index (χ4n) is 6.99. The second-order valence-electron chi connectivity index (χ2n) is 13.0. The van der Waals surface area contributed by atoms with Gasteiger partial charge in [-0.05, 0) is 88.7 Å². The summed E-state index contributed by atoms with van der Waals surface area (Å²) in [4.78, 5) is 47.6. The number of carbonyl (C=O) groups excluding carboxylic acids is 3. The maximum Gasteiger partial charge on any atom is 0.276 e. The number of anilines is 1. The van der Waals surface area contributed by atoms with Crippen LogP contribution in [0, 0.1) is 32.1 Å². The number of aromatic nitrogens is 8. The largest absolute Gasteiger partial charge is 0.366 e. The van der Waals surface area contributed by atoms with E-state index in [-0.39, 0.29) is 5.91 Å². The zero-order valence-electron chi connectivity index (χ0n) is 30.5. The van der Waals surface area contributed by atoms with Gasteiger partial charge in [-0.2, -0.15) is 15.5 Å². The van der Waals surface area contributed by atoms with Crippen molar-refractivity contribution in [2.24, 2.45) is 11.5 Å². The lowest BCUT2D eigenvalue weighted by Crippen LogP contribution is -2.20. The first-order chi connectivity index (χ1) is 25.9. The molecule has 5 aromatic heterocycles. The van der Waals surface area contributed by atoms with Crippen molar-refractivity contribution in [2.45, 2.75) is 60.8 Å².